The molecule has 0 aliphatic carbocycles. The summed E-state index contributed by atoms with van der Waals surface area (Å²) in [5.74, 6) is 6.90. The largest absolute Gasteiger partial charge is 0.355 e. The number of nitrogens with one attached hydrogen (secondary N) is 1. The van der Waals surface area contributed by atoms with Gasteiger partial charge in [-0.05, 0) is 39.3 Å². The fraction of sp³-hybridized carbons (Fsp3) is 0.692. The van der Waals surface area contributed by atoms with Crippen molar-refractivity contribution in [1.82, 2.24) is 14.9 Å². The first-order valence-corrected chi connectivity index (χ1v) is 7.07. The van der Waals surface area contributed by atoms with Crippen LogP contribution in [-0.4, -0.2) is 47.1 Å². The summed E-state index contributed by atoms with van der Waals surface area (Å²) in [5, 5.41) is 0. The number of anilines is 2. The van der Waals surface area contributed by atoms with E-state index in [0.717, 1.165) is 24.5 Å². The van der Waals surface area contributed by atoms with Crippen molar-refractivity contribution < 1.29 is 0 Å². The Hall–Kier alpha value is -1.40. The summed E-state index contributed by atoms with van der Waals surface area (Å²) in [6.45, 7) is 6.72. The molecule has 1 aromatic heterocycles. The van der Waals surface area contributed by atoms with Gasteiger partial charge < -0.3 is 4.90 Å². The highest BCUT2D eigenvalue weighted by molar-refractivity contribution is 5.49. The predicted molar refractivity (Wildman–Crippen MR) is 76.0 cm³/mol. The monoisotopic (exact) mass is 262 g/mol. The second-order valence-electron chi connectivity index (χ2n) is 5.48. The lowest BCUT2D eigenvalue weighted by atomic mass is 10.2. The van der Waals surface area contributed by atoms with Gasteiger partial charge in [0.05, 0.1) is 0 Å². The van der Waals surface area contributed by atoms with Crippen LogP contribution in [0.25, 0.3) is 0 Å². The maximum absolute atomic E-state index is 5.39. The Labute approximate surface area is 114 Å². The van der Waals surface area contributed by atoms with Crippen molar-refractivity contribution in [1.29, 1.82) is 0 Å². The van der Waals surface area contributed by atoms with Crippen LogP contribution in [-0.2, 0) is 0 Å². The molecule has 0 radical (unpaired) electrons. The molecule has 0 amide bonds. The van der Waals surface area contributed by atoms with Gasteiger partial charge in [0.25, 0.3) is 0 Å². The molecule has 1 atom stereocenters. The number of aromatic nitrogens is 2. The number of likely N-dealkylation sites (tertiary alicyclic amines) is 1. The summed E-state index contributed by atoms with van der Waals surface area (Å²) >= 11 is 0. The van der Waals surface area contributed by atoms with E-state index in [1.165, 1.54) is 32.4 Å². The van der Waals surface area contributed by atoms with Gasteiger partial charge in [0.1, 0.15) is 5.82 Å². The fourth-order valence-electron chi connectivity index (χ4n) is 3.16. The topological polar surface area (TPSA) is 70.3 Å². The van der Waals surface area contributed by atoms with Crippen molar-refractivity contribution in [3.05, 3.63) is 11.8 Å². The molecule has 2 saturated heterocycles. The third-order valence-corrected chi connectivity index (χ3v) is 4.19. The first-order chi connectivity index (χ1) is 9.28. The van der Waals surface area contributed by atoms with Crippen molar-refractivity contribution in [3.8, 4) is 0 Å². The van der Waals surface area contributed by atoms with Crippen molar-refractivity contribution in [2.24, 2.45) is 5.84 Å². The van der Waals surface area contributed by atoms with E-state index in [2.05, 4.69) is 32.1 Å². The van der Waals surface area contributed by atoms with Crippen LogP contribution in [0.4, 0.5) is 11.8 Å². The van der Waals surface area contributed by atoms with Gasteiger partial charge in [-0.15, -0.1) is 0 Å². The number of nitrogens with zero attached hydrogens (tertiary/aromatic N) is 4. The molecule has 1 unspecified atom stereocenters. The summed E-state index contributed by atoms with van der Waals surface area (Å²) in [7, 11) is 0. The van der Waals surface area contributed by atoms with Gasteiger partial charge in [0, 0.05) is 30.9 Å². The van der Waals surface area contributed by atoms with Crippen LogP contribution in [0.15, 0.2) is 6.20 Å². The Morgan fingerprint density at radius 1 is 1.32 bits per heavy atom. The predicted octanol–water partition coefficient (Wildman–Crippen LogP) is 0.745. The van der Waals surface area contributed by atoms with Crippen LogP contribution in [0.5, 0.6) is 0 Å². The van der Waals surface area contributed by atoms with Crippen molar-refractivity contribution >= 4 is 11.8 Å². The molecule has 3 N–H and O–H groups in total. The number of rotatable bonds is 3. The molecule has 1 aromatic rings. The van der Waals surface area contributed by atoms with Gasteiger partial charge in [-0.3, -0.25) is 10.3 Å². The Morgan fingerprint density at radius 2 is 2.11 bits per heavy atom. The van der Waals surface area contributed by atoms with E-state index in [0.29, 0.717) is 12.0 Å². The van der Waals surface area contributed by atoms with Gasteiger partial charge in [-0.25, -0.2) is 10.8 Å². The quantitative estimate of drug-likeness (QED) is 0.618. The molecule has 3 heterocycles. The van der Waals surface area contributed by atoms with Crippen LogP contribution in [0.2, 0.25) is 0 Å². The third-order valence-electron chi connectivity index (χ3n) is 4.19. The molecule has 0 saturated carbocycles. The Morgan fingerprint density at radius 3 is 2.84 bits per heavy atom. The zero-order valence-electron chi connectivity index (χ0n) is 11.5. The second kappa shape index (κ2) is 5.30. The second-order valence-corrected chi connectivity index (χ2v) is 5.48. The molecule has 3 rings (SSSR count). The minimum absolute atomic E-state index is 0.491. The number of hydrogen-bond acceptors (Lipinski definition) is 6. The highest BCUT2D eigenvalue weighted by Gasteiger charge is 2.30. The first kappa shape index (κ1) is 12.6. The molecular weight excluding hydrogens is 240 g/mol. The molecule has 2 fully saturated rings. The maximum atomic E-state index is 5.39. The molecular formula is C13H22N6. The number of hydrogen-bond donors (Lipinski definition) is 2. The molecule has 0 aromatic carbocycles. The van der Waals surface area contributed by atoms with E-state index in [9.17, 15) is 0 Å². The number of hydrazine groups is 1. The van der Waals surface area contributed by atoms with Gasteiger partial charge in [-0.1, -0.05) is 0 Å². The molecule has 0 bridgehead atoms. The summed E-state index contributed by atoms with van der Waals surface area (Å²) in [4.78, 5) is 13.6. The molecule has 104 valence electrons. The van der Waals surface area contributed by atoms with E-state index >= 15 is 0 Å². The van der Waals surface area contributed by atoms with E-state index in [4.69, 9.17) is 5.84 Å². The zero-order valence-corrected chi connectivity index (χ0v) is 11.5. The lowest BCUT2D eigenvalue weighted by molar-refractivity contribution is 0.260. The Bertz CT molecular complexity index is 443. The van der Waals surface area contributed by atoms with Crippen molar-refractivity contribution in [3.63, 3.8) is 0 Å². The normalized spacial score (nSPS) is 24.1. The molecule has 2 aliphatic rings. The number of nitrogen functional groups attached to an aromatic ring is 1. The average Bonchev–Trinajstić information content (AvgIpc) is 3.10. The fourth-order valence-corrected chi connectivity index (χ4v) is 3.16. The lowest BCUT2D eigenvalue weighted by Gasteiger charge is -2.24. The standard InChI is InChI=1S/C13H22N6/c1-10-8-15-13(17-14)16-12(10)19-7-4-11(9-19)18-5-2-3-6-18/h8,11H,2-7,9,14H2,1H3,(H,15,16,17). The van der Waals surface area contributed by atoms with E-state index in [1.54, 1.807) is 0 Å². The average molecular weight is 262 g/mol. The third kappa shape index (κ3) is 2.50. The van der Waals surface area contributed by atoms with Crippen molar-refractivity contribution in [2.45, 2.75) is 32.2 Å². The van der Waals surface area contributed by atoms with Crippen LogP contribution in [0, 0.1) is 6.92 Å². The molecule has 0 spiro atoms. The van der Waals surface area contributed by atoms with Crippen LogP contribution < -0.4 is 16.2 Å². The first-order valence-electron chi connectivity index (χ1n) is 7.07. The SMILES string of the molecule is Cc1cnc(NN)nc1N1CCC(N2CCCC2)C1. The minimum Gasteiger partial charge on any atom is -0.355 e. The number of aryl methyl sites for hydroxylation is 1. The van der Waals surface area contributed by atoms with Crippen LogP contribution >= 0.6 is 0 Å². The van der Waals surface area contributed by atoms with Crippen LogP contribution in [0.1, 0.15) is 24.8 Å². The van der Waals surface area contributed by atoms with Gasteiger partial charge in [-0.2, -0.15) is 4.98 Å². The lowest BCUT2D eigenvalue weighted by Crippen LogP contribution is -2.35. The van der Waals surface area contributed by atoms with Gasteiger partial charge in [0.15, 0.2) is 0 Å². The summed E-state index contributed by atoms with van der Waals surface area (Å²) in [5.41, 5.74) is 3.64. The van der Waals surface area contributed by atoms with Crippen molar-refractivity contribution in [2.75, 3.05) is 36.5 Å². The molecule has 2 aliphatic heterocycles. The number of nitrogens with two attached hydrogens (primary N) is 1. The van der Waals surface area contributed by atoms with Crippen LogP contribution in [0.3, 0.4) is 0 Å². The minimum atomic E-state index is 0.491. The zero-order chi connectivity index (χ0) is 13.2. The Kier molecular flexibility index (Phi) is 3.52. The van der Waals surface area contributed by atoms with E-state index < -0.39 is 0 Å². The Balaban J connectivity index is 1.73. The summed E-state index contributed by atoms with van der Waals surface area (Å²) < 4.78 is 0. The van der Waals surface area contributed by atoms with E-state index in [-0.39, 0.29) is 0 Å². The maximum Gasteiger partial charge on any atom is 0.239 e. The molecule has 6 nitrogen and oxygen atoms in total. The highest BCUT2D eigenvalue weighted by Crippen LogP contribution is 2.26. The van der Waals surface area contributed by atoms with Gasteiger partial charge >= 0.3 is 0 Å². The highest BCUT2D eigenvalue weighted by atomic mass is 15.3. The van der Waals surface area contributed by atoms with Gasteiger partial charge in [0.2, 0.25) is 5.95 Å². The molecule has 19 heavy (non-hydrogen) atoms. The molecule has 6 heteroatoms. The smallest absolute Gasteiger partial charge is 0.239 e. The summed E-state index contributed by atoms with van der Waals surface area (Å²) in [6.07, 6.45) is 5.77. The summed E-state index contributed by atoms with van der Waals surface area (Å²) in [6, 6.07) is 0.686. The van der Waals surface area contributed by atoms with E-state index in [1.807, 2.05) is 6.20 Å².